The highest BCUT2D eigenvalue weighted by Crippen LogP contribution is 2.50. The van der Waals surface area contributed by atoms with E-state index in [0.717, 1.165) is 17.1 Å². The Labute approximate surface area is 272 Å². The van der Waals surface area contributed by atoms with Gasteiger partial charge in [-0.1, -0.05) is 146 Å². The maximum atomic E-state index is 6.53. The predicted molar refractivity (Wildman–Crippen MR) is 198 cm³/mol. The first kappa shape index (κ1) is 26.1. The van der Waals surface area contributed by atoms with Gasteiger partial charge in [-0.3, -0.25) is 0 Å². The highest BCUT2D eigenvalue weighted by atomic mass is 16.5. The zero-order valence-electron chi connectivity index (χ0n) is 25.6. The Balaban J connectivity index is 1.13. The molecule has 1 aliphatic heterocycles. The van der Waals surface area contributed by atoms with Crippen molar-refractivity contribution < 1.29 is 4.74 Å². The van der Waals surface area contributed by atoms with E-state index in [0.29, 0.717) is 0 Å². The molecule has 0 amide bonds. The Hall–Kier alpha value is -6.18. The van der Waals surface area contributed by atoms with Crippen molar-refractivity contribution >= 4 is 43.1 Å². The van der Waals surface area contributed by atoms with Crippen LogP contribution >= 0.6 is 0 Å². The average molecular weight is 597 g/mol. The van der Waals surface area contributed by atoms with Gasteiger partial charge in [0, 0.05) is 10.9 Å². The van der Waals surface area contributed by atoms with Gasteiger partial charge in [-0.2, -0.15) is 0 Å². The second-order valence-electron chi connectivity index (χ2n) is 12.5. The van der Waals surface area contributed by atoms with Gasteiger partial charge in [-0.25, -0.2) is 0 Å². The molecule has 0 aromatic heterocycles. The van der Waals surface area contributed by atoms with Crippen LogP contribution < -0.4 is 4.74 Å². The molecule has 1 heteroatoms. The van der Waals surface area contributed by atoms with E-state index in [9.17, 15) is 0 Å². The maximum Gasteiger partial charge on any atom is 0.135 e. The van der Waals surface area contributed by atoms with E-state index in [-0.39, 0.29) is 0 Å². The molecule has 9 aromatic rings. The summed E-state index contributed by atoms with van der Waals surface area (Å²) in [6.45, 7) is 0. The van der Waals surface area contributed by atoms with E-state index in [4.69, 9.17) is 4.74 Å². The van der Waals surface area contributed by atoms with Crippen molar-refractivity contribution in [2.24, 2.45) is 0 Å². The van der Waals surface area contributed by atoms with Crippen molar-refractivity contribution in [2.45, 2.75) is 0 Å². The molecule has 1 heterocycles. The van der Waals surface area contributed by atoms with Gasteiger partial charge in [-0.05, 0) is 101 Å². The van der Waals surface area contributed by atoms with Gasteiger partial charge in [0.25, 0.3) is 0 Å². The zero-order valence-corrected chi connectivity index (χ0v) is 25.6. The van der Waals surface area contributed by atoms with Crippen molar-refractivity contribution in [2.75, 3.05) is 0 Å². The summed E-state index contributed by atoms with van der Waals surface area (Å²) in [5.74, 6) is 1.81. The molecule has 1 nitrogen and oxygen atoms in total. The molecule has 0 atom stereocenters. The van der Waals surface area contributed by atoms with Gasteiger partial charge < -0.3 is 4.74 Å². The third kappa shape index (κ3) is 4.03. The summed E-state index contributed by atoms with van der Waals surface area (Å²) in [5.41, 5.74) is 9.64. The van der Waals surface area contributed by atoms with Crippen LogP contribution in [0, 0.1) is 0 Å². The van der Waals surface area contributed by atoms with Crippen LogP contribution in [0.15, 0.2) is 170 Å². The third-order valence-corrected chi connectivity index (χ3v) is 9.84. The molecule has 9 aromatic carbocycles. The molecule has 0 saturated carbocycles. The van der Waals surface area contributed by atoms with E-state index in [2.05, 4.69) is 170 Å². The van der Waals surface area contributed by atoms with Crippen LogP contribution in [-0.4, -0.2) is 0 Å². The molecule has 0 spiro atoms. The highest BCUT2D eigenvalue weighted by molar-refractivity contribution is 6.22. The zero-order chi connectivity index (χ0) is 30.9. The minimum Gasteiger partial charge on any atom is -0.456 e. The first-order valence-electron chi connectivity index (χ1n) is 16.2. The molecule has 218 valence electrons. The fourth-order valence-corrected chi connectivity index (χ4v) is 7.65. The van der Waals surface area contributed by atoms with Crippen LogP contribution in [0.3, 0.4) is 0 Å². The Kier molecular flexibility index (Phi) is 5.64. The SMILES string of the molecule is c1ccc(-c2ccc3c(c2)-c2cccc4c(-c5ccc(-c6c7ccccc7cc7ccc8ccccc8c67)cc5)ccc(c24)O3)cc1. The lowest BCUT2D eigenvalue weighted by Gasteiger charge is -2.23. The van der Waals surface area contributed by atoms with E-state index in [1.165, 1.54) is 82.0 Å². The maximum absolute atomic E-state index is 6.53. The largest absolute Gasteiger partial charge is 0.456 e. The Bertz CT molecular complexity index is 2680. The monoisotopic (exact) mass is 596 g/mol. The molecule has 1 aliphatic rings. The molecule has 0 bridgehead atoms. The summed E-state index contributed by atoms with van der Waals surface area (Å²) >= 11 is 0. The normalized spacial score (nSPS) is 12.0. The van der Waals surface area contributed by atoms with Crippen molar-refractivity contribution in [1.82, 2.24) is 0 Å². The van der Waals surface area contributed by atoms with Gasteiger partial charge in [0.15, 0.2) is 0 Å². The number of ether oxygens (including phenoxy) is 1. The van der Waals surface area contributed by atoms with E-state index in [1.54, 1.807) is 0 Å². The quantitative estimate of drug-likeness (QED) is 0.146. The minimum absolute atomic E-state index is 0.900. The van der Waals surface area contributed by atoms with Gasteiger partial charge in [0.2, 0.25) is 0 Å². The second kappa shape index (κ2) is 10.2. The summed E-state index contributed by atoms with van der Waals surface area (Å²) in [5, 5.41) is 10.0. The van der Waals surface area contributed by atoms with Crippen LogP contribution in [0.5, 0.6) is 11.5 Å². The smallest absolute Gasteiger partial charge is 0.135 e. The molecule has 0 radical (unpaired) electrons. The van der Waals surface area contributed by atoms with E-state index >= 15 is 0 Å². The fraction of sp³-hybridized carbons (Fsp3) is 0. The van der Waals surface area contributed by atoms with Crippen LogP contribution in [0.25, 0.3) is 87.6 Å². The van der Waals surface area contributed by atoms with Crippen molar-refractivity contribution in [1.29, 1.82) is 0 Å². The third-order valence-electron chi connectivity index (χ3n) is 9.84. The van der Waals surface area contributed by atoms with Crippen molar-refractivity contribution in [3.05, 3.63) is 170 Å². The molecule has 0 unspecified atom stereocenters. The highest BCUT2D eigenvalue weighted by Gasteiger charge is 2.22. The Morgan fingerprint density at radius 2 is 0.979 bits per heavy atom. The first-order chi connectivity index (χ1) is 23.3. The lowest BCUT2D eigenvalue weighted by Crippen LogP contribution is -1.98. The van der Waals surface area contributed by atoms with Gasteiger partial charge >= 0.3 is 0 Å². The molecule has 0 N–H and O–H groups in total. The minimum atomic E-state index is 0.900. The molecular formula is C46H28O. The number of rotatable bonds is 3. The second-order valence-corrected chi connectivity index (χ2v) is 12.5. The summed E-state index contributed by atoms with van der Waals surface area (Å²) in [6.07, 6.45) is 0. The average Bonchev–Trinajstić information content (AvgIpc) is 3.14. The lowest BCUT2D eigenvalue weighted by molar-refractivity contribution is 0.487. The molecule has 10 rings (SSSR count). The van der Waals surface area contributed by atoms with E-state index in [1.807, 2.05) is 0 Å². The molecular weight excluding hydrogens is 569 g/mol. The van der Waals surface area contributed by atoms with Crippen LogP contribution in [0.2, 0.25) is 0 Å². The van der Waals surface area contributed by atoms with Gasteiger partial charge in [0.1, 0.15) is 11.5 Å². The fourth-order valence-electron chi connectivity index (χ4n) is 7.65. The van der Waals surface area contributed by atoms with E-state index < -0.39 is 0 Å². The number of fused-ring (bicyclic) bond motifs is 6. The summed E-state index contributed by atoms with van der Waals surface area (Å²) in [7, 11) is 0. The van der Waals surface area contributed by atoms with Gasteiger partial charge in [-0.15, -0.1) is 0 Å². The molecule has 0 aliphatic carbocycles. The van der Waals surface area contributed by atoms with Crippen LogP contribution in [0.1, 0.15) is 0 Å². The van der Waals surface area contributed by atoms with Crippen LogP contribution in [0.4, 0.5) is 0 Å². The Morgan fingerprint density at radius 3 is 1.85 bits per heavy atom. The molecule has 47 heavy (non-hydrogen) atoms. The number of hydrogen-bond acceptors (Lipinski definition) is 1. The van der Waals surface area contributed by atoms with Crippen LogP contribution in [-0.2, 0) is 0 Å². The molecule has 0 fully saturated rings. The molecule has 0 saturated heterocycles. The summed E-state index contributed by atoms with van der Waals surface area (Å²) in [4.78, 5) is 0. The van der Waals surface area contributed by atoms with Crippen molar-refractivity contribution in [3.8, 4) is 56.0 Å². The lowest BCUT2D eigenvalue weighted by atomic mass is 9.87. The van der Waals surface area contributed by atoms with Gasteiger partial charge in [0.05, 0.1) is 0 Å². The predicted octanol–water partition coefficient (Wildman–Crippen LogP) is 13.1. The standard InChI is InChI=1S/C46H28O/c1-2-9-29(10-3-1)33-23-25-42-41(28-33)40-16-8-15-39-36(24-26-43(47-42)46(39)40)31-17-20-32(21-18-31)44-38-14-7-5-12-34(38)27-35-22-19-30-11-4-6-13-37(30)45(35)44/h1-28H. The number of benzene rings is 9. The number of hydrogen-bond donors (Lipinski definition) is 0. The van der Waals surface area contributed by atoms with Crippen molar-refractivity contribution in [3.63, 3.8) is 0 Å². The summed E-state index contributed by atoms with van der Waals surface area (Å²) in [6, 6.07) is 61.5. The first-order valence-corrected chi connectivity index (χ1v) is 16.2. The summed E-state index contributed by atoms with van der Waals surface area (Å²) < 4.78 is 6.53. The Morgan fingerprint density at radius 1 is 0.298 bits per heavy atom. The topological polar surface area (TPSA) is 9.23 Å².